The molecule has 298 valence electrons. The molecule has 2 heterocycles. The third-order valence-electron chi connectivity index (χ3n) is 14.6. The number of nitrogens with zero attached hydrogens (tertiary/aromatic N) is 2. The molecule has 0 fully saturated rings. The molecule has 1 spiro atoms. The number of rotatable bonds is 5. The fourth-order valence-corrected chi connectivity index (χ4v) is 12.3. The molecule has 2 heteroatoms. The summed E-state index contributed by atoms with van der Waals surface area (Å²) in [6.45, 7) is 0. The molecular formula is C62H40N2. The molecule has 14 rings (SSSR count). The van der Waals surface area contributed by atoms with Gasteiger partial charge in [0.05, 0.1) is 27.6 Å². The summed E-state index contributed by atoms with van der Waals surface area (Å²) in [5.41, 5.74) is 21.5. The largest absolute Gasteiger partial charge is 0.310 e. The lowest BCUT2D eigenvalue weighted by molar-refractivity contribution is 0.748. The van der Waals surface area contributed by atoms with E-state index < -0.39 is 10.8 Å². The molecule has 0 amide bonds. The van der Waals surface area contributed by atoms with Crippen molar-refractivity contribution in [2.24, 2.45) is 0 Å². The Morgan fingerprint density at radius 1 is 0.297 bits per heavy atom. The van der Waals surface area contributed by atoms with Crippen molar-refractivity contribution in [3.05, 3.63) is 287 Å². The standard InChI is InChI=1S/C62H40N2/c1-4-19-41(20-5-1)61(42-21-6-2-7-22-42)52-30-14-10-27-48(52)49-37-35-44(39-56(49)61)63(43-23-8-3-9-24-43)45-36-38-59-57(40-45)62(53-31-15-11-25-46(53)47-26-12-16-32-54(47)62)55-33-18-29-51-50-28-13-17-34-58(50)64(59)60(51)55/h1-40H. The van der Waals surface area contributed by atoms with Crippen LogP contribution in [-0.4, -0.2) is 4.57 Å². The van der Waals surface area contributed by atoms with Gasteiger partial charge >= 0.3 is 0 Å². The molecular weight excluding hydrogens is 773 g/mol. The molecule has 1 aliphatic heterocycles. The lowest BCUT2D eigenvalue weighted by Gasteiger charge is -2.40. The second kappa shape index (κ2) is 13.2. The van der Waals surface area contributed by atoms with Gasteiger partial charge in [0.1, 0.15) is 0 Å². The van der Waals surface area contributed by atoms with Gasteiger partial charge < -0.3 is 9.47 Å². The predicted molar refractivity (Wildman–Crippen MR) is 264 cm³/mol. The van der Waals surface area contributed by atoms with E-state index in [1.54, 1.807) is 0 Å². The Bertz CT molecular complexity index is 3590. The Labute approximate surface area is 372 Å². The van der Waals surface area contributed by atoms with E-state index in [9.17, 15) is 0 Å². The van der Waals surface area contributed by atoms with Crippen molar-refractivity contribution in [3.8, 4) is 27.9 Å². The van der Waals surface area contributed by atoms with E-state index in [0.29, 0.717) is 0 Å². The number of hydrogen-bond donors (Lipinski definition) is 0. The molecule has 2 aliphatic carbocycles. The molecule has 0 bridgehead atoms. The van der Waals surface area contributed by atoms with Gasteiger partial charge in [-0.05, 0) is 115 Å². The maximum atomic E-state index is 2.54. The zero-order chi connectivity index (χ0) is 42.0. The van der Waals surface area contributed by atoms with Crippen LogP contribution in [0.2, 0.25) is 0 Å². The molecule has 0 N–H and O–H groups in total. The van der Waals surface area contributed by atoms with Gasteiger partial charge in [0.2, 0.25) is 0 Å². The van der Waals surface area contributed by atoms with Crippen molar-refractivity contribution in [2.75, 3.05) is 4.90 Å². The van der Waals surface area contributed by atoms with Crippen LogP contribution in [0, 0.1) is 0 Å². The quantitative estimate of drug-likeness (QED) is 0.168. The van der Waals surface area contributed by atoms with Crippen molar-refractivity contribution < 1.29 is 0 Å². The van der Waals surface area contributed by atoms with Crippen LogP contribution in [0.15, 0.2) is 243 Å². The van der Waals surface area contributed by atoms with Crippen molar-refractivity contribution >= 4 is 38.9 Å². The van der Waals surface area contributed by atoms with Crippen molar-refractivity contribution in [2.45, 2.75) is 10.8 Å². The summed E-state index contributed by atoms with van der Waals surface area (Å²) in [5.74, 6) is 0. The van der Waals surface area contributed by atoms with Crippen molar-refractivity contribution in [3.63, 3.8) is 0 Å². The van der Waals surface area contributed by atoms with E-state index in [0.717, 1.165) is 17.1 Å². The second-order valence-electron chi connectivity index (χ2n) is 17.5. The van der Waals surface area contributed by atoms with Gasteiger partial charge in [-0.1, -0.05) is 194 Å². The summed E-state index contributed by atoms with van der Waals surface area (Å²) < 4.78 is 2.54. The summed E-state index contributed by atoms with van der Waals surface area (Å²) in [5, 5.41) is 2.56. The molecule has 3 aliphatic rings. The third-order valence-corrected chi connectivity index (χ3v) is 14.6. The number of para-hydroxylation sites is 3. The van der Waals surface area contributed by atoms with Gasteiger partial charge in [0, 0.05) is 27.8 Å². The lowest BCUT2D eigenvalue weighted by Crippen LogP contribution is -2.33. The minimum Gasteiger partial charge on any atom is -0.310 e. The number of fused-ring (bicyclic) bond motifs is 15. The first-order chi connectivity index (χ1) is 31.8. The predicted octanol–water partition coefficient (Wildman–Crippen LogP) is 15.3. The van der Waals surface area contributed by atoms with Crippen LogP contribution in [0.25, 0.3) is 49.7 Å². The van der Waals surface area contributed by atoms with E-state index in [2.05, 4.69) is 252 Å². The van der Waals surface area contributed by atoms with E-state index in [4.69, 9.17) is 0 Å². The van der Waals surface area contributed by atoms with Gasteiger partial charge in [-0.2, -0.15) is 0 Å². The van der Waals surface area contributed by atoms with Crippen LogP contribution in [0.4, 0.5) is 17.1 Å². The summed E-state index contributed by atoms with van der Waals surface area (Å²) in [7, 11) is 0. The first kappa shape index (κ1) is 35.4. The minimum atomic E-state index is -0.555. The molecule has 64 heavy (non-hydrogen) atoms. The van der Waals surface area contributed by atoms with Crippen LogP contribution in [0.5, 0.6) is 0 Å². The Morgan fingerprint density at radius 3 is 1.41 bits per heavy atom. The number of hydrogen-bond acceptors (Lipinski definition) is 1. The van der Waals surface area contributed by atoms with Crippen molar-refractivity contribution in [1.82, 2.24) is 4.57 Å². The van der Waals surface area contributed by atoms with Gasteiger partial charge in [-0.25, -0.2) is 0 Å². The SMILES string of the molecule is c1ccc(N(c2ccc3c(c2)C(c2ccccc2)(c2ccccc2)c2ccccc2-3)c2ccc3c(c2)C2(c4ccccc4-c4ccccc42)c2cccc4c5ccccc5n-3c24)cc1. The molecule has 0 saturated carbocycles. The average molecular weight is 813 g/mol. The molecule has 10 aromatic carbocycles. The summed E-state index contributed by atoms with van der Waals surface area (Å²) in [6, 6.07) is 90.8. The molecule has 0 atom stereocenters. The van der Waals surface area contributed by atoms with Gasteiger partial charge in [-0.15, -0.1) is 0 Å². The normalized spacial score (nSPS) is 14.2. The Balaban J connectivity index is 1.08. The topological polar surface area (TPSA) is 8.17 Å². The molecule has 2 nitrogen and oxygen atoms in total. The number of aromatic nitrogens is 1. The summed E-state index contributed by atoms with van der Waals surface area (Å²) >= 11 is 0. The fourth-order valence-electron chi connectivity index (χ4n) is 12.3. The average Bonchev–Trinajstić information content (AvgIpc) is 3.98. The highest BCUT2D eigenvalue weighted by molar-refractivity contribution is 6.13. The van der Waals surface area contributed by atoms with Crippen LogP contribution in [0.3, 0.4) is 0 Å². The van der Waals surface area contributed by atoms with E-state index >= 15 is 0 Å². The van der Waals surface area contributed by atoms with Gasteiger partial charge in [0.25, 0.3) is 0 Å². The Kier molecular flexibility index (Phi) is 7.28. The molecule has 0 saturated heterocycles. The highest BCUT2D eigenvalue weighted by atomic mass is 15.1. The monoisotopic (exact) mass is 812 g/mol. The maximum Gasteiger partial charge on any atom is 0.0755 e. The Hall–Kier alpha value is -8.20. The molecule has 1 aromatic heterocycles. The van der Waals surface area contributed by atoms with E-state index in [-0.39, 0.29) is 0 Å². The van der Waals surface area contributed by atoms with E-state index in [1.807, 2.05) is 0 Å². The van der Waals surface area contributed by atoms with Crippen molar-refractivity contribution in [1.29, 1.82) is 0 Å². The number of anilines is 3. The van der Waals surface area contributed by atoms with Gasteiger partial charge in [0.15, 0.2) is 0 Å². The van der Waals surface area contributed by atoms with Crippen LogP contribution in [0.1, 0.15) is 44.5 Å². The molecule has 0 unspecified atom stereocenters. The van der Waals surface area contributed by atoms with Crippen LogP contribution < -0.4 is 4.90 Å². The maximum absolute atomic E-state index is 2.54. The number of benzene rings is 10. The minimum absolute atomic E-state index is 0.519. The first-order valence-corrected chi connectivity index (χ1v) is 22.4. The summed E-state index contributed by atoms with van der Waals surface area (Å²) in [6.07, 6.45) is 0. The van der Waals surface area contributed by atoms with Crippen LogP contribution >= 0.6 is 0 Å². The zero-order valence-corrected chi connectivity index (χ0v) is 35.0. The molecule has 0 radical (unpaired) electrons. The highest BCUT2D eigenvalue weighted by Crippen LogP contribution is 2.62. The Morgan fingerprint density at radius 2 is 0.766 bits per heavy atom. The lowest BCUT2D eigenvalue weighted by atomic mass is 9.65. The smallest absolute Gasteiger partial charge is 0.0755 e. The zero-order valence-electron chi connectivity index (χ0n) is 35.0. The third kappa shape index (κ3) is 4.44. The van der Waals surface area contributed by atoms with Crippen LogP contribution in [-0.2, 0) is 10.8 Å². The fraction of sp³-hybridized carbons (Fsp3) is 0.0323. The second-order valence-corrected chi connectivity index (χ2v) is 17.5. The van der Waals surface area contributed by atoms with Gasteiger partial charge in [-0.3, -0.25) is 0 Å². The highest BCUT2D eigenvalue weighted by Gasteiger charge is 2.51. The molecule has 11 aromatic rings. The summed E-state index contributed by atoms with van der Waals surface area (Å²) in [4.78, 5) is 2.48. The van der Waals surface area contributed by atoms with E-state index in [1.165, 1.54) is 94.3 Å². The first-order valence-electron chi connectivity index (χ1n) is 22.4.